The fraction of sp³-hybridized carbons (Fsp3) is 0.129. The van der Waals surface area contributed by atoms with Crippen LogP contribution in [0.15, 0.2) is 181 Å². The second-order valence-corrected chi connectivity index (χ2v) is 19.5. The zero-order chi connectivity index (χ0) is 64.3. The van der Waals surface area contributed by atoms with Gasteiger partial charge in [0, 0.05) is 70.7 Å². The molecule has 0 aromatic heterocycles. The number of carbonyl (C=O) groups is 6. The predicted octanol–water partition coefficient (Wildman–Crippen LogP) is 15.8. The van der Waals surface area contributed by atoms with Crippen LogP contribution in [0.3, 0.4) is 0 Å². The van der Waals surface area contributed by atoms with Gasteiger partial charge >= 0.3 is 18.5 Å². The Morgan fingerprint density at radius 1 is 0.432 bits per heavy atom. The lowest BCUT2D eigenvalue weighted by Gasteiger charge is -2.16. The third-order valence-corrected chi connectivity index (χ3v) is 12.5. The van der Waals surface area contributed by atoms with E-state index in [0.29, 0.717) is 40.6 Å². The van der Waals surface area contributed by atoms with E-state index in [1.54, 1.807) is 31.2 Å². The quantitative estimate of drug-likeness (QED) is 0.0944. The summed E-state index contributed by atoms with van der Waals surface area (Å²) in [6, 6.07) is 18.8. The highest BCUT2D eigenvalue weighted by Gasteiger charge is 2.35. The second kappa shape index (κ2) is 28.1. The average molecular weight is 1270 g/mol. The van der Waals surface area contributed by atoms with Gasteiger partial charge in [-0.15, -0.1) is 0 Å². The van der Waals surface area contributed by atoms with Gasteiger partial charge in [0.1, 0.15) is 28.8 Å². The Balaban J connectivity index is 0.000000188. The van der Waals surface area contributed by atoms with Crippen molar-refractivity contribution in [2.45, 2.75) is 44.7 Å². The number of methoxy groups -OCH3 is 1. The van der Waals surface area contributed by atoms with Crippen molar-refractivity contribution in [1.82, 2.24) is 16.0 Å². The molecule has 6 aromatic rings. The first-order chi connectivity index (χ1) is 41.4. The Bertz CT molecular complexity index is 3780. The number of benzene rings is 6. The number of alkyl halides is 9. The van der Waals surface area contributed by atoms with Crippen molar-refractivity contribution < 1.29 is 96.0 Å². The van der Waals surface area contributed by atoms with Crippen LogP contribution in [0.5, 0.6) is 40.2 Å². The second-order valence-electron chi connectivity index (χ2n) is 18.6. The van der Waals surface area contributed by atoms with Crippen molar-refractivity contribution in [2.24, 2.45) is 0 Å². The van der Waals surface area contributed by atoms with Crippen LogP contribution < -0.4 is 34.9 Å². The van der Waals surface area contributed by atoms with Crippen molar-refractivity contribution in [3.8, 4) is 40.2 Å². The van der Waals surface area contributed by atoms with Gasteiger partial charge in [-0.2, -0.15) is 39.5 Å². The zero-order valence-electron chi connectivity index (χ0n) is 45.2. The first-order valence-electron chi connectivity index (χ1n) is 25.3. The maximum absolute atomic E-state index is 14.0. The largest absolute Gasteiger partial charge is 0.493 e. The van der Waals surface area contributed by atoms with Crippen LogP contribution >= 0.6 is 23.2 Å². The summed E-state index contributed by atoms with van der Waals surface area (Å²) in [6.07, 6.45) is -0.986. The van der Waals surface area contributed by atoms with E-state index in [4.69, 9.17) is 42.1 Å². The molecule has 0 spiro atoms. The number of nitrogens with one attached hydrogen (secondary N) is 3. The van der Waals surface area contributed by atoms with Crippen LogP contribution in [0, 0.1) is 18.6 Å². The normalized spacial score (nSPS) is 13.8. The maximum Gasteiger partial charge on any atom is 0.416 e. The summed E-state index contributed by atoms with van der Waals surface area (Å²) in [5.41, 5.74) is -3.33. The molecule has 0 unspecified atom stereocenters. The molecule has 9 rings (SSSR count). The van der Waals surface area contributed by atoms with E-state index in [2.05, 4.69) is 16.0 Å². The van der Waals surface area contributed by atoms with Crippen molar-refractivity contribution in [2.75, 3.05) is 7.11 Å². The summed E-state index contributed by atoms with van der Waals surface area (Å²) in [5.74, 6) is -5.61. The third-order valence-electron chi connectivity index (χ3n) is 12.0. The van der Waals surface area contributed by atoms with E-state index in [1.807, 2.05) is 0 Å². The molecule has 0 saturated carbocycles. The van der Waals surface area contributed by atoms with Crippen LogP contribution in [0.25, 0.3) is 0 Å². The molecule has 3 N–H and O–H groups in total. The molecule has 3 amide bonds. The standard InChI is InChI=1S/C21H15ClF3NO3.C21H15F4NO4.C20H12ClF4NO3/c1-12-9-14(22)6-8-18(12)29-19-7-5-13(21(23,24)25)10-17(19)20(28)26-15-3-2-4-16(27)11-15;1-29-18-8-6-13(22)10-19(18)30-17-7-5-12(21(23,24)25)9-16(17)20(28)26-14-3-2-4-15(27)11-14;21-12-5-7-18(16(22)9-12)29-17-6-4-11(20(23,24)25)8-15(17)19(28)26-13-2-1-3-14(27)10-13/h2-3,5-11H,4H2,1H3,(H,26,28);2-3,5-11H,4H2,1H3,(H,26,28);1-2,4-10H,3H2,(H,26,28). The van der Waals surface area contributed by atoms with E-state index >= 15 is 0 Å². The number of rotatable bonds is 13. The molecule has 6 aromatic carbocycles. The summed E-state index contributed by atoms with van der Waals surface area (Å²) < 4.78 is 167. The molecule has 0 aliphatic heterocycles. The minimum atomic E-state index is -4.71. The van der Waals surface area contributed by atoms with Crippen molar-refractivity contribution in [3.05, 3.63) is 242 Å². The van der Waals surface area contributed by atoms with Crippen LogP contribution in [-0.4, -0.2) is 42.2 Å². The van der Waals surface area contributed by atoms with Gasteiger partial charge in [0.2, 0.25) is 0 Å². The Labute approximate surface area is 502 Å². The number of carbonyl (C=O) groups excluding carboxylic acids is 6. The summed E-state index contributed by atoms with van der Waals surface area (Å²) in [7, 11) is 1.30. The Hall–Kier alpha value is -9.81. The molecule has 13 nitrogen and oxygen atoms in total. The number of ether oxygens (including phenoxy) is 4. The fourth-order valence-electron chi connectivity index (χ4n) is 7.87. The minimum Gasteiger partial charge on any atom is -0.493 e. The lowest BCUT2D eigenvalue weighted by atomic mass is 10.1. The highest BCUT2D eigenvalue weighted by molar-refractivity contribution is 6.31. The average Bonchev–Trinajstić information content (AvgIpc) is 1.55. The number of aryl methyl sites for hydroxylation is 1. The van der Waals surface area contributed by atoms with Gasteiger partial charge in [-0.25, -0.2) is 8.78 Å². The molecular formula is C62H42Cl2F11N3O10. The number of allylic oxidation sites excluding steroid dienone is 9. The molecule has 0 atom stereocenters. The fourth-order valence-corrected chi connectivity index (χ4v) is 8.25. The highest BCUT2D eigenvalue weighted by atomic mass is 35.5. The van der Waals surface area contributed by atoms with Gasteiger partial charge in [0.05, 0.1) is 40.5 Å². The predicted molar refractivity (Wildman–Crippen MR) is 298 cm³/mol. The SMILES string of the molecule is COc1ccc(F)cc1Oc1ccc(C(F)(F)F)cc1C(=O)NC1=CC(=O)CC=C1.Cc1cc(Cl)ccc1Oc1ccc(C(F)(F)F)cc1C(=O)NC1=CC(=O)CC=C1.O=C1C=C(NC(=O)c2cc(C(F)(F)F)ccc2Oc2ccc(Cl)cc2F)C=CC1. The number of amides is 3. The zero-order valence-corrected chi connectivity index (χ0v) is 46.7. The smallest absolute Gasteiger partial charge is 0.416 e. The molecule has 456 valence electrons. The van der Waals surface area contributed by atoms with Crippen LogP contribution in [0.1, 0.15) is 72.6 Å². The van der Waals surface area contributed by atoms with Crippen LogP contribution in [0.2, 0.25) is 10.0 Å². The van der Waals surface area contributed by atoms with Crippen LogP contribution in [0.4, 0.5) is 48.3 Å². The number of hydrogen-bond donors (Lipinski definition) is 3. The minimum absolute atomic E-state index is 0.0624. The lowest BCUT2D eigenvalue weighted by Crippen LogP contribution is -2.24. The van der Waals surface area contributed by atoms with Gasteiger partial charge in [-0.3, -0.25) is 28.8 Å². The van der Waals surface area contributed by atoms with Crippen LogP contribution in [-0.2, 0) is 32.9 Å². The molecule has 0 fully saturated rings. The first kappa shape index (κ1) is 65.7. The lowest BCUT2D eigenvalue weighted by molar-refractivity contribution is -0.138. The van der Waals surface area contributed by atoms with E-state index in [1.165, 1.54) is 67.8 Å². The molecule has 0 saturated heterocycles. The summed E-state index contributed by atoms with van der Waals surface area (Å²) >= 11 is 11.6. The third kappa shape index (κ3) is 18.1. The van der Waals surface area contributed by atoms with Gasteiger partial charge in [0.25, 0.3) is 17.7 Å². The molecule has 0 radical (unpaired) electrons. The molecule has 0 bridgehead atoms. The maximum atomic E-state index is 14.0. The van der Waals surface area contributed by atoms with E-state index in [0.717, 1.165) is 54.6 Å². The molecule has 3 aliphatic rings. The van der Waals surface area contributed by atoms with Crippen molar-refractivity contribution >= 4 is 58.3 Å². The summed E-state index contributed by atoms with van der Waals surface area (Å²) in [6.45, 7) is 1.72. The Morgan fingerprint density at radius 2 is 0.773 bits per heavy atom. The molecular weight excluding hydrogens is 1230 g/mol. The first-order valence-corrected chi connectivity index (χ1v) is 26.1. The Kier molecular flexibility index (Phi) is 21.0. The van der Waals surface area contributed by atoms with Crippen molar-refractivity contribution in [3.63, 3.8) is 0 Å². The topological polar surface area (TPSA) is 175 Å². The highest BCUT2D eigenvalue weighted by Crippen LogP contribution is 2.40. The summed E-state index contributed by atoms with van der Waals surface area (Å²) in [5, 5.41) is 7.73. The van der Waals surface area contributed by atoms with Gasteiger partial charge in [-0.05, 0) is 134 Å². The van der Waals surface area contributed by atoms with Gasteiger partial charge in [-0.1, -0.05) is 41.4 Å². The van der Waals surface area contributed by atoms with E-state index in [-0.39, 0.29) is 98.8 Å². The van der Waals surface area contributed by atoms with Gasteiger partial charge in [0.15, 0.2) is 40.4 Å². The summed E-state index contributed by atoms with van der Waals surface area (Å²) in [4.78, 5) is 72.4. The number of hydrogen-bond acceptors (Lipinski definition) is 10. The Morgan fingerprint density at radius 3 is 1.12 bits per heavy atom. The van der Waals surface area contributed by atoms with E-state index in [9.17, 15) is 77.1 Å². The molecule has 0 heterocycles. The molecule has 88 heavy (non-hydrogen) atoms. The molecule has 26 heteroatoms. The van der Waals surface area contributed by atoms with E-state index < -0.39 is 75.7 Å². The molecule has 3 aliphatic carbocycles. The van der Waals surface area contributed by atoms with Gasteiger partial charge < -0.3 is 34.9 Å². The monoisotopic (exact) mass is 1270 g/mol. The van der Waals surface area contributed by atoms with Crippen molar-refractivity contribution in [1.29, 1.82) is 0 Å². The number of ketones is 3. The number of halogens is 13.